The molecule has 1 aliphatic heterocycles. The van der Waals surface area contributed by atoms with Crippen molar-refractivity contribution >= 4 is 40.5 Å². The van der Waals surface area contributed by atoms with E-state index in [0.29, 0.717) is 16.6 Å². The summed E-state index contributed by atoms with van der Waals surface area (Å²) in [5.41, 5.74) is 2.21. The van der Waals surface area contributed by atoms with Crippen LogP contribution in [0.1, 0.15) is 30.0 Å². The predicted octanol–water partition coefficient (Wildman–Crippen LogP) is 4.94. The number of hydrogen-bond acceptors (Lipinski definition) is 3. The van der Waals surface area contributed by atoms with Crippen molar-refractivity contribution in [3.8, 4) is 0 Å². The number of nitrogens with zero attached hydrogens (tertiary/aromatic N) is 1. The fourth-order valence-electron chi connectivity index (χ4n) is 3.17. The molecule has 2 aromatic rings. The van der Waals surface area contributed by atoms with Gasteiger partial charge in [0.2, 0.25) is 0 Å². The molecule has 3 nitrogen and oxygen atoms in total. The van der Waals surface area contributed by atoms with Gasteiger partial charge in [-0.15, -0.1) is 0 Å². The van der Waals surface area contributed by atoms with Gasteiger partial charge in [0, 0.05) is 6.54 Å². The van der Waals surface area contributed by atoms with Gasteiger partial charge in [0.1, 0.15) is 0 Å². The highest BCUT2D eigenvalue weighted by atomic mass is 35.5. The molecule has 3 rings (SSSR count). The molecule has 0 saturated carbocycles. The van der Waals surface area contributed by atoms with Crippen LogP contribution in [0.25, 0.3) is 0 Å². The second kappa shape index (κ2) is 7.22. The minimum atomic E-state index is -0.715. The summed E-state index contributed by atoms with van der Waals surface area (Å²) in [5, 5.41) is 14.6. The summed E-state index contributed by atoms with van der Waals surface area (Å²) in [6, 6.07) is 7.76. The van der Waals surface area contributed by atoms with E-state index in [4.69, 9.17) is 23.2 Å². The molecule has 2 unspecified atom stereocenters. The highest BCUT2D eigenvalue weighted by Gasteiger charge is 2.31. The second-order valence-electron chi connectivity index (χ2n) is 5.81. The van der Waals surface area contributed by atoms with Gasteiger partial charge in [-0.1, -0.05) is 29.3 Å². The molecule has 6 heteroatoms. The highest BCUT2D eigenvalue weighted by molar-refractivity contribution is 7.08. The maximum atomic E-state index is 11.4. The zero-order chi connectivity index (χ0) is 16.4. The summed E-state index contributed by atoms with van der Waals surface area (Å²) in [5.74, 6) is -1.03. The van der Waals surface area contributed by atoms with Crippen LogP contribution in [0.3, 0.4) is 0 Å². The molecule has 0 bridgehead atoms. The van der Waals surface area contributed by atoms with Crippen molar-refractivity contribution in [2.24, 2.45) is 5.92 Å². The Morgan fingerprint density at radius 3 is 2.74 bits per heavy atom. The minimum absolute atomic E-state index is 0.0122. The summed E-state index contributed by atoms with van der Waals surface area (Å²) < 4.78 is 0. The molecule has 1 aromatic heterocycles. The number of carbonyl (C=O) groups is 1. The van der Waals surface area contributed by atoms with Crippen molar-refractivity contribution in [2.45, 2.75) is 18.9 Å². The fraction of sp³-hybridized carbons (Fsp3) is 0.353. The van der Waals surface area contributed by atoms with E-state index < -0.39 is 5.97 Å². The molecule has 0 aliphatic carbocycles. The Balaban J connectivity index is 1.96. The van der Waals surface area contributed by atoms with E-state index in [-0.39, 0.29) is 12.0 Å². The monoisotopic (exact) mass is 369 g/mol. The molecule has 1 N–H and O–H groups in total. The van der Waals surface area contributed by atoms with Crippen LogP contribution in [-0.2, 0) is 4.79 Å². The van der Waals surface area contributed by atoms with Crippen LogP contribution < -0.4 is 0 Å². The van der Waals surface area contributed by atoms with Gasteiger partial charge < -0.3 is 5.11 Å². The third-order valence-corrected chi connectivity index (χ3v) is 5.73. The zero-order valence-corrected chi connectivity index (χ0v) is 14.7. The van der Waals surface area contributed by atoms with Crippen molar-refractivity contribution in [1.29, 1.82) is 0 Å². The maximum absolute atomic E-state index is 11.4. The number of thiophene rings is 1. The lowest BCUT2D eigenvalue weighted by molar-refractivity contribution is -0.143. The van der Waals surface area contributed by atoms with Gasteiger partial charge in [-0.05, 0) is 59.5 Å². The van der Waals surface area contributed by atoms with Crippen LogP contribution in [0.15, 0.2) is 35.0 Å². The highest BCUT2D eigenvalue weighted by Crippen LogP contribution is 2.36. The number of piperidine rings is 1. The van der Waals surface area contributed by atoms with Gasteiger partial charge in [-0.25, -0.2) is 0 Å². The van der Waals surface area contributed by atoms with E-state index in [2.05, 4.69) is 16.3 Å². The first-order valence-corrected chi connectivity index (χ1v) is 9.20. The van der Waals surface area contributed by atoms with E-state index in [1.807, 2.05) is 17.5 Å². The lowest BCUT2D eigenvalue weighted by atomic mass is 9.92. The van der Waals surface area contributed by atoms with Gasteiger partial charge in [0.05, 0.1) is 22.0 Å². The van der Waals surface area contributed by atoms with E-state index in [1.54, 1.807) is 17.4 Å². The number of likely N-dealkylation sites (tertiary alicyclic amines) is 1. The number of carboxylic acid groups (broad SMARTS) is 1. The van der Waals surface area contributed by atoms with Crippen molar-refractivity contribution in [2.75, 3.05) is 13.1 Å². The van der Waals surface area contributed by atoms with Gasteiger partial charge in [-0.3, -0.25) is 9.69 Å². The fourth-order valence-corrected chi connectivity index (χ4v) is 4.16. The van der Waals surface area contributed by atoms with Crippen molar-refractivity contribution in [1.82, 2.24) is 4.90 Å². The van der Waals surface area contributed by atoms with Crippen LogP contribution >= 0.6 is 34.5 Å². The topological polar surface area (TPSA) is 40.5 Å². The smallest absolute Gasteiger partial charge is 0.307 e. The summed E-state index contributed by atoms with van der Waals surface area (Å²) in [6.07, 6.45) is 1.63. The average molecular weight is 370 g/mol. The lowest BCUT2D eigenvalue weighted by Gasteiger charge is -2.37. The summed E-state index contributed by atoms with van der Waals surface area (Å²) in [6.45, 7) is 1.43. The molecule has 1 fully saturated rings. The average Bonchev–Trinajstić information content (AvgIpc) is 3.05. The second-order valence-corrected chi connectivity index (χ2v) is 7.40. The third kappa shape index (κ3) is 3.72. The zero-order valence-electron chi connectivity index (χ0n) is 12.4. The molecule has 1 aliphatic rings. The summed E-state index contributed by atoms with van der Waals surface area (Å²) in [7, 11) is 0. The largest absolute Gasteiger partial charge is 0.481 e. The van der Waals surface area contributed by atoms with E-state index in [0.717, 1.165) is 24.9 Å². The van der Waals surface area contributed by atoms with Gasteiger partial charge in [-0.2, -0.15) is 11.3 Å². The predicted molar refractivity (Wildman–Crippen MR) is 94.6 cm³/mol. The maximum Gasteiger partial charge on any atom is 0.307 e. The Kier molecular flexibility index (Phi) is 5.27. The molecule has 122 valence electrons. The first kappa shape index (κ1) is 16.8. The number of benzene rings is 1. The molecule has 0 spiro atoms. The van der Waals surface area contributed by atoms with Gasteiger partial charge >= 0.3 is 5.97 Å². The number of halogens is 2. The number of rotatable bonds is 4. The van der Waals surface area contributed by atoms with Crippen molar-refractivity contribution < 1.29 is 9.90 Å². The van der Waals surface area contributed by atoms with Crippen LogP contribution in [0.5, 0.6) is 0 Å². The third-order valence-electron chi connectivity index (χ3n) is 4.29. The van der Waals surface area contributed by atoms with Crippen LogP contribution in [0.2, 0.25) is 10.0 Å². The SMILES string of the molecule is O=C(O)C1CCCN(C(c2ccsc2)c2ccc(Cl)c(Cl)c2)C1. The molecule has 1 saturated heterocycles. The van der Waals surface area contributed by atoms with Gasteiger partial charge in [0.25, 0.3) is 0 Å². The first-order chi connectivity index (χ1) is 11.1. The molecule has 2 heterocycles. The Morgan fingerprint density at radius 2 is 2.09 bits per heavy atom. The number of hydrogen-bond donors (Lipinski definition) is 1. The van der Waals surface area contributed by atoms with Crippen LogP contribution in [0.4, 0.5) is 0 Å². The normalized spacial score (nSPS) is 20.3. The van der Waals surface area contributed by atoms with E-state index in [1.165, 1.54) is 5.56 Å². The molecule has 0 radical (unpaired) electrons. The standard InChI is InChI=1S/C17H17Cl2NO2S/c18-14-4-3-11(8-15(14)19)16(13-5-7-23-10-13)20-6-1-2-12(9-20)17(21)22/h3-5,7-8,10,12,16H,1-2,6,9H2,(H,21,22). The van der Waals surface area contributed by atoms with E-state index in [9.17, 15) is 9.90 Å². The summed E-state index contributed by atoms with van der Waals surface area (Å²) >= 11 is 13.9. The quantitative estimate of drug-likeness (QED) is 0.829. The Hall–Kier alpha value is -1.07. The molecule has 23 heavy (non-hydrogen) atoms. The first-order valence-electron chi connectivity index (χ1n) is 7.50. The van der Waals surface area contributed by atoms with Crippen LogP contribution in [0, 0.1) is 5.92 Å². The van der Waals surface area contributed by atoms with Crippen molar-refractivity contribution in [3.63, 3.8) is 0 Å². The molecule has 1 aromatic carbocycles. The minimum Gasteiger partial charge on any atom is -0.481 e. The van der Waals surface area contributed by atoms with E-state index >= 15 is 0 Å². The van der Waals surface area contributed by atoms with Crippen LogP contribution in [-0.4, -0.2) is 29.1 Å². The Labute approximate surface area is 149 Å². The summed E-state index contributed by atoms with van der Waals surface area (Å²) in [4.78, 5) is 13.6. The molecule has 2 atom stereocenters. The molecule has 0 amide bonds. The molecular formula is C17H17Cl2NO2S. The lowest BCUT2D eigenvalue weighted by Crippen LogP contribution is -2.41. The molecular weight excluding hydrogens is 353 g/mol. The number of carboxylic acids is 1. The number of aliphatic carboxylic acids is 1. The van der Waals surface area contributed by atoms with Crippen molar-refractivity contribution in [3.05, 3.63) is 56.2 Å². The Bertz CT molecular complexity index is 690. The Morgan fingerprint density at radius 1 is 1.26 bits per heavy atom. The van der Waals surface area contributed by atoms with Gasteiger partial charge in [0.15, 0.2) is 0 Å².